The van der Waals surface area contributed by atoms with Crippen LogP contribution in [-0.2, 0) is 0 Å². The van der Waals surface area contributed by atoms with Crippen LogP contribution in [0.5, 0.6) is 0 Å². The molecule has 0 aliphatic heterocycles. The van der Waals surface area contributed by atoms with E-state index < -0.39 is 0 Å². The lowest BCUT2D eigenvalue weighted by Gasteiger charge is -2.16. The number of rotatable bonds is 2. The number of halogens is 1. The van der Waals surface area contributed by atoms with Crippen LogP contribution in [-0.4, -0.2) is 11.2 Å². The monoisotopic (exact) mass is 242 g/mol. The molecule has 0 aromatic heterocycles. The van der Waals surface area contributed by atoms with Crippen molar-refractivity contribution in [3.63, 3.8) is 0 Å². The van der Waals surface area contributed by atoms with E-state index in [0.29, 0.717) is 0 Å². The van der Waals surface area contributed by atoms with Gasteiger partial charge in [0.2, 0.25) is 0 Å². The molecule has 0 heterocycles. The van der Waals surface area contributed by atoms with E-state index in [1.807, 2.05) is 13.8 Å². The summed E-state index contributed by atoms with van der Waals surface area (Å²) in [4.78, 5) is 0. The van der Waals surface area contributed by atoms with Crippen molar-refractivity contribution in [2.45, 2.75) is 32.8 Å². The highest BCUT2D eigenvalue weighted by molar-refractivity contribution is 9.10. The first-order valence-electron chi connectivity index (χ1n) is 4.46. The van der Waals surface area contributed by atoms with Gasteiger partial charge in [-0.3, -0.25) is 0 Å². The third-order valence-electron chi connectivity index (χ3n) is 2.37. The van der Waals surface area contributed by atoms with Crippen LogP contribution in [0.2, 0.25) is 0 Å². The second kappa shape index (κ2) is 4.25. The molecule has 0 fully saturated rings. The van der Waals surface area contributed by atoms with Crippen molar-refractivity contribution in [3.05, 3.63) is 33.8 Å². The van der Waals surface area contributed by atoms with E-state index in [2.05, 4.69) is 41.1 Å². The Hall–Kier alpha value is -0.340. The third kappa shape index (κ3) is 2.55. The van der Waals surface area contributed by atoms with Crippen LogP contribution in [0.15, 0.2) is 22.7 Å². The maximum Gasteiger partial charge on any atom is 0.0578 e. The Morgan fingerprint density at radius 3 is 2.38 bits per heavy atom. The maximum absolute atomic E-state index is 9.45. The molecule has 0 saturated carbocycles. The number of aliphatic hydroxyl groups is 1. The van der Waals surface area contributed by atoms with Crippen molar-refractivity contribution in [1.82, 2.24) is 0 Å². The summed E-state index contributed by atoms with van der Waals surface area (Å²) in [6.07, 6.45) is -0.306. The van der Waals surface area contributed by atoms with Gasteiger partial charge in [-0.05, 0) is 31.0 Å². The summed E-state index contributed by atoms with van der Waals surface area (Å²) in [6.45, 7) is 5.90. The minimum atomic E-state index is -0.306. The number of benzene rings is 1. The number of hydrogen-bond donors (Lipinski definition) is 1. The van der Waals surface area contributed by atoms with Crippen LogP contribution in [0.3, 0.4) is 0 Å². The maximum atomic E-state index is 9.45. The molecule has 1 nitrogen and oxygen atoms in total. The van der Waals surface area contributed by atoms with Crippen LogP contribution in [0, 0.1) is 6.92 Å². The highest BCUT2D eigenvalue weighted by Gasteiger charge is 2.13. The lowest BCUT2D eigenvalue weighted by atomic mass is 9.96. The molecule has 72 valence electrons. The largest absolute Gasteiger partial charge is 0.393 e. The average molecular weight is 243 g/mol. The van der Waals surface area contributed by atoms with Gasteiger partial charge < -0.3 is 5.11 Å². The Labute approximate surface area is 87.9 Å². The van der Waals surface area contributed by atoms with E-state index >= 15 is 0 Å². The van der Waals surface area contributed by atoms with E-state index in [1.165, 1.54) is 11.1 Å². The molecule has 0 aliphatic carbocycles. The van der Waals surface area contributed by atoms with E-state index in [4.69, 9.17) is 0 Å². The van der Waals surface area contributed by atoms with Crippen LogP contribution in [0.25, 0.3) is 0 Å². The van der Waals surface area contributed by atoms with Crippen LogP contribution >= 0.6 is 15.9 Å². The van der Waals surface area contributed by atoms with Gasteiger partial charge in [-0.1, -0.05) is 35.0 Å². The second-order valence-electron chi connectivity index (χ2n) is 3.55. The summed E-state index contributed by atoms with van der Waals surface area (Å²) in [5.74, 6) is 0.176. The molecule has 2 heteroatoms. The Morgan fingerprint density at radius 2 is 1.92 bits per heavy atom. The quantitative estimate of drug-likeness (QED) is 0.845. The normalized spacial score (nSPS) is 15.5. The van der Waals surface area contributed by atoms with Gasteiger partial charge in [-0.15, -0.1) is 0 Å². The van der Waals surface area contributed by atoms with Gasteiger partial charge in [0, 0.05) is 10.4 Å². The topological polar surface area (TPSA) is 20.2 Å². The van der Waals surface area contributed by atoms with Gasteiger partial charge in [-0.25, -0.2) is 0 Å². The molecule has 0 spiro atoms. The van der Waals surface area contributed by atoms with E-state index in [1.54, 1.807) is 0 Å². The van der Waals surface area contributed by atoms with Crippen LogP contribution in [0.1, 0.15) is 30.9 Å². The first-order valence-corrected chi connectivity index (χ1v) is 5.25. The summed E-state index contributed by atoms with van der Waals surface area (Å²) < 4.78 is 1.08. The first-order chi connectivity index (χ1) is 6.02. The number of aliphatic hydroxyl groups excluding tert-OH is 1. The third-order valence-corrected chi connectivity index (χ3v) is 3.06. The summed E-state index contributed by atoms with van der Waals surface area (Å²) in [5, 5.41) is 9.45. The summed E-state index contributed by atoms with van der Waals surface area (Å²) >= 11 is 3.50. The van der Waals surface area contributed by atoms with Gasteiger partial charge in [0.05, 0.1) is 6.10 Å². The van der Waals surface area contributed by atoms with Crippen molar-refractivity contribution in [2.75, 3.05) is 0 Å². The molecule has 1 aromatic carbocycles. The van der Waals surface area contributed by atoms with E-state index in [-0.39, 0.29) is 12.0 Å². The minimum absolute atomic E-state index is 0.176. The SMILES string of the molecule is Cc1ccc([C@H](C)[C@H](C)O)c(Br)c1. The first kappa shape index (κ1) is 10.7. The van der Waals surface area contributed by atoms with Crippen molar-refractivity contribution < 1.29 is 5.11 Å². The Kier molecular flexibility index (Phi) is 3.51. The predicted molar refractivity (Wildman–Crippen MR) is 59.0 cm³/mol. The van der Waals surface area contributed by atoms with Gasteiger partial charge in [-0.2, -0.15) is 0 Å². The fraction of sp³-hybridized carbons (Fsp3) is 0.455. The van der Waals surface area contributed by atoms with Crippen LogP contribution < -0.4 is 0 Å². The van der Waals surface area contributed by atoms with Crippen molar-refractivity contribution >= 4 is 15.9 Å². The van der Waals surface area contributed by atoms with E-state index in [9.17, 15) is 5.11 Å². The van der Waals surface area contributed by atoms with Gasteiger partial charge in [0.1, 0.15) is 0 Å². The Bertz CT molecular complexity index is 294. The summed E-state index contributed by atoms with van der Waals surface area (Å²) in [6, 6.07) is 6.21. The molecule has 0 amide bonds. The molecule has 0 unspecified atom stereocenters. The van der Waals surface area contributed by atoms with Gasteiger partial charge in [0.25, 0.3) is 0 Å². The number of aryl methyl sites for hydroxylation is 1. The standard InChI is InChI=1S/C11H15BrO/c1-7-4-5-10(11(12)6-7)8(2)9(3)13/h4-6,8-9,13H,1-3H3/t8-,9+/m1/s1. The van der Waals surface area contributed by atoms with Crippen molar-refractivity contribution in [1.29, 1.82) is 0 Å². The molecule has 0 aliphatic rings. The number of hydrogen-bond acceptors (Lipinski definition) is 1. The van der Waals surface area contributed by atoms with Gasteiger partial charge >= 0.3 is 0 Å². The predicted octanol–water partition coefficient (Wildman–Crippen LogP) is 3.24. The highest BCUT2D eigenvalue weighted by atomic mass is 79.9. The molecule has 0 bridgehead atoms. The van der Waals surface area contributed by atoms with Crippen molar-refractivity contribution in [3.8, 4) is 0 Å². The molecule has 0 saturated heterocycles. The Morgan fingerprint density at radius 1 is 1.31 bits per heavy atom. The Balaban J connectivity index is 3.01. The fourth-order valence-corrected chi connectivity index (χ4v) is 2.12. The average Bonchev–Trinajstić information content (AvgIpc) is 2.03. The van der Waals surface area contributed by atoms with Crippen molar-refractivity contribution in [2.24, 2.45) is 0 Å². The zero-order valence-corrected chi connectivity index (χ0v) is 9.80. The zero-order valence-electron chi connectivity index (χ0n) is 8.21. The molecular formula is C11H15BrO. The minimum Gasteiger partial charge on any atom is -0.393 e. The molecule has 1 aromatic rings. The second-order valence-corrected chi connectivity index (χ2v) is 4.41. The van der Waals surface area contributed by atoms with Crippen LogP contribution in [0.4, 0.5) is 0 Å². The molecule has 13 heavy (non-hydrogen) atoms. The smallest absolute Gasteiger partial charge is 0.0578 e. The fourth-order valence-electron chi connectivity index (χ4n) is 1.26. The summed E-state index contributed by atoms with van der Waals surface area (Å²) in [5.41, 5.74) is 2.40. The molecule has 2 atom stereocenters. The molecular weight excluding hydrogens is 228 g/mol. The summed E-state index contributed by atoms with van der Waals surface area (Å²) in [7, 11) is 0. The molecule has 0 radical (unpaired) electrons. The lowest BCUT2D eigenvalue weighted by molar-refractivity contribution is 0.168. The van der Waals surface area contributed by atoms with Gasteiger partial charge in [0.15, 0.2) is 0 Å². The lowest BCUT2D eigenvalue weighted by Crippen LogP contribution is -2.11. The zero-order chi connectivity index (χ0) is 10.0. The highest BCUT2D eigenvalue weighted by Crippen LogP contribution is 2.27. The molecule has 1 N–H and O–H groups in total. The molecule has 1 rings (SSSR count). The van der Waals surface area contributed by atoms with E-state index in [0.717, 1.165) is 4.47 Å².